The van der Waals surface area contributed by atoms with Gasteiger partial charge >= 0.3 is 0 Å². The van der Waals surface area contributed by atoms with Crippen LogP contribution < -0.4 is 15.4 Å². The molecule has 124 valence electrons. The van der Waals surface area contributed by atoms with E-state index in [2.05, 4.69) is 17.6 Å². The molecule has 2 rings (SSSR count). The lowest BCUT2D eigenvalue weighted by Gasteiger charge is -2.27. The smallest absolute Gasteiger partial charge is 0.227 e. The summed E-state index contributed by atoms with van der Waals surface area (Å²) in [5, 5.41) is 6.40. The molecule has 1 amide bonds. The Morgan fingerprint density at radius 2 is 2.14 bits per heavy atom. The molecular weight excluding hydrogens is 300 g/mol. The minimum atomic E-state index is 0. The first-order valence-electron chi connectivity index (χ1n) is 7.77. The molecule has 0 unspecified atom stereocenters. The average molecular weight is 327 g/mol. The van der Waals surface area contributed by atoms with Crippen LogP contribution in [0.25, 0.3) is 0 Å². The number of aryl methyl sites for hydroxylation is 1. The summed E-state index contributed by atoms with van der Waals surface area (Å²) in [5.41, 5.74) is 1.89. The molecule has 1 aromatic rings. The van der Waals surface area contributed by atoms with Gasteiger partial charge in [0.2, 0.25) is 5.91 Å². The number of amides is 1. The summed E-state index contributed by atoms with van der Waals surface area (Å²) in [5.74, 6) is 1.10. The Morgan fingerprint density at radius 3 is 2.73 bits per heavy atom. The van der Waals surface area contributed by atoms with E-state index in [0.29, 0.717) is 6.04 Å². The molecule has 0 radical (unpaired) electrons. The standard InChI is InChI=1S/C17H26N2O2.ClH/c1-11(2)21-16-6-5-15(9-12(16)3)19-17(20)14-7-8-18-13(4)10-14;/h5-6,9,11,13-14,18H,7-8,10H2,1-4H3,(H,19,20);1H/t13-,14-;/m0./s1. The van der Waals surface area contributed by atoms with Crippen molar-refractivity contribution < 1.29 is 9.53 Å². The summed E-state index contributed by atoms with van der Waals surface area (Å²) in [6.45, 7) is 9.06. The Kier molecular flexibility index (Phi) is 7.17. The zero-order chi connectivity index (χ0) is 15.4. The SMILES string of the molecule is Cc1cc(NC(=O)[C@H]2CCN[C@@H](C)C2)ccc1OC(C)C.Cl. The fourth-order valence-electron chi connectivity index (χ4n) is 2.73. The van der Waals surface area contributed by atoms with Crippen LogP contribution in [0.5, 0.6) is 5.75 Å². The van der Waals surface area contributed by atoms with Crippen molar-refractivity contribution in [3.63, 3.8) is 0 Å². The van der Waals surface area contributed by atoms with Crippen LogP contribution in [0.3, 0.4) is 0 Å². The van der Waals surface area contributed by atoms with Crippen molar-refractivity contribution in [1.82, 2.24) is 5.32 Å². The number of nitrogens with one attached hydrogen (secondary N) is 2. The first-order valence-corrected chi connectivity index (χ1v) is 7.77. The Balaban J connectivity index is 0.00000242. The van der Waals surface area contributed by atoms with Crippen molar-refractivity contribution in [3.05, 3.63) is 23.8 Å². The van der Waals surface area contributed by atoms with Crippen LogP contribution in [0.4, 0.5) is 5.69 Å². The van der Waals surface area contributed by atoms with Crippen LogP contribution in [0.2, 0.25) is 0 Å². The van der Waals surface area contributed by atoms with Crippen molar-refractivity contribution in [3.8, 4) is 5.75 Å². The van der Waals surface area contributed by atoms with Crippen molar-refractivity contribution in [2.75, 3.05) is 11.9 Å². The number of rotatable bonds is 4. The number of piperidine rings is 1. The second-order valence-electron chi connectivity index (χ2n) is 6.21. The molecule has 2 N–H and O–H groups in total. The maximum Gasteiger partial charge on any atom is 0.227 e. The Bertz CT molecular complexity index is 505. The van der Waals surface area contributed by atoms with Gasteiger partial charge in [-0.1, -0.05) is 0 Å². The lowest BCUT2D eigenvalue weighted by molar-refractivity contribution is -0.120. The molecule has 4 nitrogen and oxygen atoms in total. The molecule has 1 aliphatic heterocycles. The van der Waals surface area contributed by atoms with Gasteiger partial charge in [0.1, 0.15) is 5.75 Å². The fourth-order valence-corrected chi connectivity index (χ4v) is 2.73. The molecule has 22 heavy (non-hydrogen) atoms. The zero-order valence-corrected chi connectivity index (χ0v) is 14.6. The van der Waals surface area contributed by atoms with Crippen LogP contribution in [0, 0.1) is 12.8 Å². The van der Waals surface area contributed by atoms with E-state index in [-0.39, 0.29) is 30.3 Å². The van der Waals surface area contributed by atoms with Gasteiger partial charge in [-0.2, -0.15) is 0 Å². The van der Waals surface area contributed by atoms with Gasteiger partial charge in [-0.25, -0.2) is 0 Å². The highest BCUT2D eigenvalue weighted by Gasteiger charge is 2.24. The largest absolute Gasteiger partial charge is 0.491 e. The van der Waals surface area contributed by atoms with E-state index < -0.39 is 0 Å². The lowest BCUT2D eigenvalue weighted by Crippen LogP contribution is -2.40. The molecule has 1 heterocycles. The summed E-state index contributed by atoms with van der Waals surface area (Å²) in [4.78, 5) is 12.3. The van der Waals surface area contributed by atoms with E-state index in [0.717, 1.165) is 36.4 Å². The van der Waals surface area contributed by atoms with E-state index in [9.17, 15) is 4.79 Å². The maximum atomic E-state index is 12.3. The minimum absolute atomic E-state index is 0. The second-order valence-corrected chi connectivity index (χ2v) is 6.21. The summed E-state index contributed by atoms with van der Waals surface area (Å²) < 4.78 is 5.71. The molecular formula is C17H27ClN2O2. The average Bonchev–Trinajstić information content (AvgIpc) is 2.41. The molecule has 1 aromatic carbocycles. The number of hydrogen-bond donors (Lipinski definition) is 2. The molecule has 0 aliphatic carbocycles. The zero-order valence-electron chi connectivity index (χ0n) is 13.8. The quantitative estimate of drug-likeness (QED) is 0.890. The highest BCUT2D eigenvalue weighted by molar-refractivity contribution is 5.92. The van der Waals surface area contributed by atoms with Crippen LogP contribution >= 0.6 is 12.4 Å². The molecule has 0 bridgehead atoms. The van der Waals surface area contributed by atoms with E-state index in [1.165, 1.54) is 0 Å². The Labute approximate surface area is 139 Å². The summed E-state index contributed by atoms with van der Waals surface area (Å²) >= 11 is 0. The predicted molar refractivity (Wildman–Crippen MR) is 93.0 cm³/mol. The molecule has 2 atom stereocenters. The van der Waals surface area contributed by atoms with Crippen molar-refractivity contribution in [2.45, 2.75) is 52.7 Å². The molecule has 1 fully saturated rings. The number of halogens is 1. The van der Waals surface area contributed by atoms with Crippen LogP contribution in [0.15, 0.2) is 18.2 Å². The van der Waals surface area contributed by atoms with Gasteiger partial charge in [0.15, 0.2) is 0 Å². The molecule has 0 saturated carbocycles. The molecule has 1 aliphatic rings. The number of anilines is 1. The third-order valence-corrected chi connectivity index (χ3v) is 3.80. The van der Waals surface area contributed by atoms with Crippen LogP contribution in [-0.2, 0) is 4.79 Å². The predicted octanol–water partition coefficient (Wildman–Crippen LogP) is 3.53. The number of ether oxygens (including phenoxy) is 1. The summed E-state index contributed by atoms with van der Waals surface area (Å²) in [6, 6.07) is 6.22. The van der Waals surface area contributed by atoms with Crippen molar-refractivity contribution >= 4 is 24.0 Å². The number of hydrogen-bond acceptors (Lipinski definition) is 3. The van der Waals surface area contributed by atoms with Gasteiger partial charge < -0.3 is 15.4 Å². The van der Waals surface area contributed by atoms with Gasteiger partial charge in [-0.15, -0.1) is 12.4 Å². The number of benzene rings is 1. The summed E-state index contributed by atoms with van der Waals surface area (Å²) in [7, 11) is 0. The van der Waals surface area contributed by atoms with Crippen molar-refractivity contribution in [1.29, 1.82) is 0 Å². The third kappa shape index (κ3) is 5.18. The van der Waals surface area contributed by atoms with Gasteiger partial charge in [0, 0.05) is 17.6 Å². The van der Waals surface area contributed by atoms with E-state index in [1.54, 1.807) is 0 Å². The van der Waals surface area contributed by atoms with Crippen LogP contribution in [-0.4, -0.2) is 24.6 Å². The molecule has 0 spiro atoms. The lowest BCUT2D eigenvalue weighted by atomic mass is 9.92. The topological polar surface area (TPSA) is 50.4 Å². The second kappa shape index (κ2) is 8.39. The van der Waals surface area contributed by atoms with Gasteiger partial charge in [-0.05, 0) is 70.8 Å². The number of carbonyl (C=O) groups excluding carboxylic acids is 1. The Hall–Kier alpha value is -1.26. The Morgan fingerprint density at radius 1 is 1.41 bits per heavy atom. The van der Waals surface area contributed by atoms with E-state index in [4.69, 9.17) is 4.74 Å². The third-order valence-electron chi connectivity index (χ3n) is 3.80. The monoisotopic (exact) mass is 326 g/mol. The first-order chi connectivity index (χ1) is 9.95. The van der Waals surface area contributed by atoms with Gasteiger partial charge in [0.05, 0.1) is 6.10 Å². The highest BCUT2D eigenvalue weighted by Crippen LogP contribution is 2.24. The molecule has 1 saturated heterocycles. The minimum Gasteiger partial charge on any atom is -0.491 e. The fraction of sp³-hybridized carbons (Fsp3) is 0.588. The molecule has 0 aromatic heterocycles. The van der Waals surface area contributed by atoms with Gasteiger partial charge in [0.25, 0.3) is 0 Å². The maximum absolute atomic E-state index is 12.3. The van der Waals surface area contributed by atoms with Gasteiger partial charge in [-0.3, -0.25) is 4.79 Å². The molecule has 5 heteroatoms. The highest BCUT2D eigenvalue weighted by atomic mass is 35.5. The first kappa shape index (κ1) is 18.8. The normalized spacial score (nSPS) is 21.1. The number of carbonyl (C=O) groups is 1. The van der Waals surface area contributed by atoms with Crippen LogP contribution in [0.1, 0.15) is 39.2 Å². The van der Waals surface area contributed by atoms with E-state index in [1.807, 2.05) is 39.0 Å². The summed E-state index contributed by atoms with van der Waals surface area (Å²) in [6.07, 6.45) is 1.96. The van der Waals surface area contributed by atoms with E-state index >= 15 is 0 Å². The van der Waals surface area contributed by atoms with Crippen molar-refractivity contribution in [2.24, 2.45) is 5.92 Å².